The van der Waals surface area contributed by atoms with Crippen molar-refractivity contribution in [2.75, 3.05) is 26.3 Å². The number of hydrogen-bond donors (Lipinski definition) is 1. The Morgan fingerprint density at radius 1 is 1.55 bits per heavy atom. The Bertz CT molecular complexity index is 621. The van der Waals surface area contributed by atoms with Gasteiger partial charge in [-0.1, -0.05) is 0 Å². The Hall–Kier alpha value is -1.45. The largest absolute Gasteiger partial charge is 0.377 e. The van der Waals surface area contributed by atoms with Crippen LogP contribution in [-0.2, 0) is 26.6 Å². The van der Waals surface area contributed by atoms with Gasteiger partial charge in [-0.15, -0.1) is 0 Å². The van der Waals surface area contributed by atoms with Crippen molar-refractivity contribution in [1.82, 2.24) is 19.2 Å². The summed E-state index contributed by atoms with van der Waals surface area (Å²) in [5, 5.41) is -0.0281. The van der Waals surface area contributed by atoms with Crippen molar-refractivity contribution >= 4 is 15.9 Å². The number of carbonyl (C=O) groups is 1. The molecule has 1 aromatic rings. The number of imidazole rings is 1. The summed E-state index contributed by atoms with van der Waals surface area (Å²) >= 11 is 0. The molecule has 9 heteroatoms. The smallest absolute Gasteiger partial charge is 0.259 e. The molecule has 1 fully saturated rings. The van der Waals surface area contributed by atoms with Gasteiger partial charge in [0.2, 0.25) is 5.91 Å². The number of hydrogen-bond acceptors (Lipinski definition) is 5. The van der Waals surface area contributed by atoms with E-state index in [4.69, 9.17) is 4.74 Å². The lowest BCUT2D eigenvalue weighted by molar-refractivity contribution is -0.138. The monoisotopic (exact) mass is 330 g/mol. The zero-order valence-corrected chi connectivity index (χ0v) is 13.9. The zero-order valence-electron chi connectivity index (χ0n) is 13.1. The number of rotatable bonds is 5. The van der Waals surface area contributed by atoms with Crippen LogP contribution in [0.4, 0.5) is 0 Å². The first-order valence-electron chi connectivity index (χ1n) is 7.18. The first kappa shape index (κ1) is 16.9. The molecule has 1 amide bonds. The molecule has 1 saturated heterocycles. The molecule has 0 spiro atoms. The highest BCUT2D eigenvalue weighted by Crippen LogP contribution is 2.09. The summed E-state index contributed by atoms with van der Waals surface area (Å²) in [6.07, 6.45) is 1.57. The second-order valence-corrected chi connectivity index (χ2v) is 7.11. The topological polar surface area (TPSA) is 93.5 Å². The molecule has 8 nitrogen and oxygen atoms in total. The van der Waals surface area contributed by atoms with Gasteiger partial charge >= 0.3 is 0 Å². The van der Waals surface area contributed by atoms with Crippen molar-refractivity contribution in [3.05, 3.63) is 12.0 Å². The normalized spacial score (nSPS) is 19.4. The molecule has 2 rings (SSSR count). The minimum Gasteiger partial charge on any atom is -0.377 e. The number of aromatic nitrogens is 2. The van der Waals surface area contributed by atoms with Crippen LogP contribution in [0.3, 0.4) is 0 Å². The van der Waals surface area contributed by atoms with Gasteiger partial charge in [0.1, 0.15) is 5.82 Å². The number of sulfonamides is 1. The highest BCUT2D eigenvalue weighted by atomic mass is 32.2. The highest BCUT2D eigenvalue weighted by molar-refractivity contribution is 7.89. The van der Waals surface area contributed by atoms with Crippen LogP contribution in [0.25, 0.3) is 0 Å². The van der Waals surface area contributed by atoms with Crippen molar-refractivity contribution in [3.8, 4) is 0 Å². The molecule has 0 radical (unpaired) electrons. The van der Waals surface area contributed by atoms with Gasteiger partial charge in [0.15, 0.2) is 5.03 Å². The predicted octanol–water partition coefficient (Wildman–Crippen LogP) is -0.356. The molecule has 0 bridgehead atoms. The molecule has 1 aliphatic heterocycles. The molecule has 1 aliphatic rings. The van der Waals surface area contributed by atoms with E-state index < -0.39 is 10.0 Å². The van der Waals surface area contributed by atoms with Gasteiger partial charge in [-0.25, -0.2) is 18.1 Å². The van der Waals surface area contributed by atoms with Crippen LogP contribution in [-0.4, -0.2) is 61.1 Å². The van der Waals surface area contributed by atoms with E-state index in [0.29, 0.717) is 25.6 Å². The number of amides is 1. The van der Waals surface area contributed by atoms with Crippen LogP contribution in [0.15, 0.2) is 11.2 Å². The first-order chi connectivity index (χ1) is 10.3. The number of ether oxygens (including phenoxy) is 1. The van der Waals surface area contributed by atoms with Crippen LogP contribution in [0, 0.1) is 6.92 Å². The van der Waals surface area contributed by atoms with E-state index in [2.05, 4.69) is 9.71 Å². The fraction of sp³-hybridized carbons (Fsp3) is 0.692. The van der Waals surface area contributed by atoms with E-state index in [1.165, 1.54) is 6.20 Å². The van der Waals surface area contributed by atoms with Gasteiger partial charge in [0, 0.05) is 32.8 Å². The van der Waals surface area contributed by atoms with E-state index in [-0.39, 0.29) is 29.9 Å². The van der Waals surface area contributed by atoms with Gasteiger partial charge in [-0.3, -0.25) is 4.79 Å². The maximum Gasteiger partial charge on any atom is 0.259 e. The van der Waals surface area contributed by atoms with Gasteiger partial charge in [0.25, 0.3) is 10.0 Å². The maximum absolute atomic E-state index is 12.1. The molecule has 1 aromatic heterocycles. The third-order valence-corrected chi connectivity index (χ3v) is 5.01. The van der Waals surface area contributed by atoms with E-state index >= 15 is 0 Å². The molecular formula is C13H22N4O4S. The summed E-state index contributed by atoms with van der Waals surface area (Å²) in [6.45, 7) is 5.28. The zero-order chi connectivity index (χ0) is 16.3. The highest BCUT2D eigenvalue weighted by Gasteiger charge is 2.24. The molecule has 0 aromatic carbocycles. The number of morpholine rings is 1. The summed E-state index contributed by atoms with van der Waals surface area (Å²) in [5.41, 5.74) is 0. The SMILES string of the molecule is Cc1nc(S(=O)(=O)NCCC(=O)N2CCOCC2C)cn1C. The molecule has 2 heterocycles. The fourth-order valence-electron chi connectivity index (χ4n) is 2.26. The minimum atomic E-state index is -3.68. The quantitative estimate of drug-likeness (QED) is 0.796. The third-order valence-electron chi connectivity index (χ3n) is 3.68. The standard InChI is InChI=1S/C13H22N4O4S/c1-10-9-21-7-6-17(10)13(18)4-5-14-22(19,20)12-8-16(3)11(2)15-12/h8,10,14H,4-7,9H2,1-3H3. The van der Waals surface area contributed by atoms with Crippen LogP contribution in [0.1, 0.15) is 19.2 Å². The summed E-state index contributed by atoms with van der Waals surface area (Å²) in [7, 11) is -1.95. The second kappa shape index (κ2) is 6.76. The molecule has 1 N–H and O–H groups in total. The molecule has 124 valence electrons. The van der Waals surface area contributed by atoms with E-state index in [9.17, 15) is 13.2 Å². The molecule has 0 aliphatic carbocycles. The molecule has 0 saturated carbocycles. The fourth-order valence-corrected chi connectivity index (χ4v) is 3.33. The number of carbonyl (C=O) groups excluding carboxylic acids is 1. The van der Waals surface area contributed by atoms with Crippen molar-refractivity contribution in [2.45, 2.75) is 31.3 Å². The average Bonchev–Trinajstić information content (AvgIpc) is 2.80. The minimum absolute atomic E-state index is 0.0243. The van der Waals surface area contributed by atoms with Crippen LogP contribution in [0.2, 0.25) is 0 Å². The Kier molecular flexibility index (Phi) is 5.20. The lowest BCUT2D eigenvalue weighted by Gasteiger charge is -2.33. The maximum atomic E-state index is 12.1. The predicted molar refractivity (Wildman–Crippen MR) is 79.7 cm³/mol. The van der Waals surface area contributed by atoms with Gasteiger partial charge < -0.3 is 14.2 Å². The van der Waals surface area contributed by atoms with Gasteiger partial charge in [-0.05, 0) is 13.8 Å². The summed E-state index contributed by atoms with van der Waals surface area (Å²) in [5.74, 6) is 0.536. The van der Waals surface area contributed by atoms with Crippen LogP contribution in [0.5, 0.6) is 0 Å². The summed E-state index contributed by atoms with van der Waals surface area (Å²) in [6, 6.07) is 0.0243. The number of aryl methyl sites for hydroxylation is 2. The Morgan fingerprint density at radius 3 is 2.86 bits per heavy atom. The van der Waals surface area contributed by atoms with E-state index in [1.807, 2.05) is 6.92 Å². The average molecular weight is 330 g/mol. The molecular weight excluding hydrogens is 308 g/mol. The van der Waals surface area contributed by atoms with Gasteiger partial charge in [-0.2, -0.15) is 0 Å². The molecule has 1 atom stereocenters. The lowest BCUT2D eigenvalue weighted by atomic mass is 10.2. The van der Waals surface area contributed by atoms with Gasteiger partial charge in [0.05, 0.1) is 19.3 Å². The summed E-state index contributed by atoms with van der Waals surface area (Å²) in [4.78, 5) is 17.8. The number of nitrogens with zero attached hydrogens (tertiary/aromatic N) is 3. The van der Waals surface area contributed by atoms with Crippen LogP contribution < -0.4 is 4.72 Å². The Labute approximate surface area is 130 Å². The van der Waals surface area contributed by atoms with Crippen molar-refractivity contribution in [2.24, 2.45) is 7.05 Å². The van der Waals surface area contributed by atoms with Crippen LogP contribution >= 0.6 is 0 Å². The van der Waals surface area contributed by atoms with Crippen molar-refractivity contribution in [1.29, 1.82) is 0 Å². The first-order valence-corrected chi connectivity index (χ1v) is 8.66. The number of nitrogens with one attached hydrogen (secondary N) is 1. The van der Waals surface area contributed by atoms with Crippen molar-refractivity contribution in [3.63, 3.8) is 0 Å². The van der Waals surface area contributed by atoms with E-state index in [1.54, 1.807) is 23.4 Å². The third kappa shape index (κ3) is 3.84. The molecule has 1 unspecified atom stereocenters. The Morgan fingerprint density at radius 2 is 2.27 bits per heavy atom. The molecule has 22 heavy (non-hydrogen) atoms. The lowest BCUT2D eigenvalue weighted by Crippen LogP contribution is -2.47. The van der Waals surface area contributed by atoms with E-state index in [0.717, 1.165) is 0 Å². The summed E-state index contributed by atoms with van der Waals surface area (Å²) < 4.78 is 33.5. The second-order valence-electron chi connectivity index (χ2n) is 5.40. The Balaban J connectivity index is 1.88. The van der Waals surface area contributed by atoms with Crippen molar-refractivity contribution < 1.29 is 17.9 Å².